The largest absolute Gasteiger partial charge is 0.355 e. The molecule has 37 heavy (non-hydrogen) atoms. The minimum Gasteiger partial charge on any atom is -0.355 e. The van der Waals surface area contributed by atoms with E-state index in [4.69, 9.17) is 0 Å². The third-order valence-electron chi connectivity index (χ3n) is 7.37. The third-order valence-corrected chi connectivity index (χ3v) is 10.6. The highest BCUT2D eigenvalue weighted by atomic mass is 31.2. The van der Waals surface area contributed by atoms with Crippen molar-refractivity contribution >= 4 is 23.7 Å². The smallest absolute Gasteiger partial charge is 0.232 e. The molecule has 0 spiro atoms. The molecule has 0 saturated heterocycles. The molecule has 1 aliphatic carbocycles. The average Bonchev–Trinajstić information content (AvgIpc) is 3.30. The Morgan fingerprint density at radius 1 is 0.757 bits per heavy atom. The first-order valence-corrected chi connectivity index (χ1v) is 15.2. The molecule has 0 radical (unpaired) electrons. The van der Waals surface area contributed by atoms with Crippen LogP contribution in [0.15, 0.2) is 103 Å². The summed E-state index contributed by atoms with van der Waals surface area (Å²) >= 11 is 0. The molecule has 4 aromatic rings. The van der Waals surface area contributed by atoms with Crippen molar-refractivity contribution in [3.05, 3.63) is 120 Å². The Labute approximate surface area is 220 Å². The number of amides is 1. The lowest BCUT2D eigenvalue weighted by atomic mass is 9.90. The first kappa shape index (κ1) is 25.2. The minimum atomic E-state index is -2.71. The van der Waals surface area contributed by atoms with Gasteiger partial charge in [-0.2, -0.15) is 0 Å². The second kappa shape index (κ2) is 11.3. The van der Waals surface area contributed by atoms with Crippen molar-refractivity contribution in [2.45, 2.75) is 38.5 Å². The number of aryl methyl sites for hydroxylation is 1. The van der Waals surface area contributed by atoms with Gasteiger partial charge >= 0.3 is 0 Å². The molecule has 1 unspecified atom stereocenters. The molecule has 0 bridgehead atoms. The Bertz CT molecular complexity index is 1370. The SMILES string of the molecule is CCCNC(=O)C1c2ccccc2-c2cccc(CCCCP(=O)(c3ccccc3)c3ccccc3)c21. The van der Waals surface area contributed by atoms with Crippen LogP contribution in [0.5, 0.6) is 0 Å². The lowest BCUT2D eigenvalue weighted by Gasteiger charge is -2.20. The van der Waals surface area contributed by atoms with E-state index in [0.717, 1.165) is 53.0 Å². The number of rotatable bonds is 10. The van der Waals surface area contributed by atoms with E-state index < -0.39 is 7.14 Å². The second-order valence-electron chi connectivity index (χ2n) is 9.78. The minimum absolute atomic E-state index is 0.0816. The van der Waals surface area contributed by atoms with E-state index in [1.54, 1.807) is 0 Å². The summed E-state index contributed by atoms with van der Waals surface area (Å²) < 4.78 is 14.4. The van der Waals surface area contributed by atoms with E-state index in [1.165, 1.54) is 11.1 Å². The normalized spacial score (nSPS) is 14.1. The number of carbonyl (C=O) groups is 1. The molecule has 0 saturated carbocycles. The molecule has 0 aliphatic heterocycles. The number of hydrogen-bond acceptors (Lipinski definition) is 2. The first-order valence-electron chi connectivity index (χ1n) is 13.3. The van der Waals surface area contributed by atoms with Gasteiger partial charge in [-0.25, -0.2) is 0 Å². The van der Waals surface area contributed by atoms with Crippen LogP contribution in [0.1, 0.15) is 48.8 Å². The van der Waals surface area contributed by atoms with E-state index in [1.807, 2.05) is 72.8 Å². The molecule has 0 aromatic heterocycles. The molecule has 1 aliphatic rings. The lowest BCUT2D eigenvalue weighted by Crippen LogP contribution is -2.30. The van der Waals surface area contributed by atoms with Crippen LogP contribution in [0.25, 0.3) is 11.1 Å². The molecule has 0 fully saturated rings. The van der Waals surface area contributed by atoms with Gasteiger partial charge in [0.1, 0.15) is 7.14 Å². The van der Waals surface area contributed by atoms with Crippen LogP contribution in [-0.2, 0) is 15.8 Å². The van der Waals surface area contributed by atoms with E-state index in [-0.39, 0.29) is 11.8 Å². The highest BCUT2D eigenvalue weighted by Crippen LogP contribution is 2.47. The van der Waals surface area contributed by atoms with Crippen LogP contribution < -0.4 is 15.9 Å². The van der Waals surface area contributed by atoms with Crippen LogP contribution in [0.4, 0.5) is 0 Å². The summed E-state index contributed by atoms with van der Waals surface area (Å²) in [6.07, 6.45) is 4.18. The maximum atomic E-state index is 14.4. The van der Waals surface area contributed by atoms with Gasteiger partial charge in [-0.1, -0.05) is 110 Å². The highest BCUT2D eigenvalue weighted by Gasteiger charge is 2.35. The van der Waals surface area contributed by atoms with E-state index in [9.17, 15) is 9.36 Å². The van der Waals surface area contributed by atoms with E-state index >= 15 is 0 Å². The van der Waals surface area contributed by atoms with Gasteiger partial charge in [-0.3, -0.25) is 4.79 Å². The molecular formula is C33H34NO2P. The Morgan fingerprint density at radius 2 is 1.38 bits per heavy atom. The number of nitrogens with one attached hydrogen (secondary N) is 1. The van der Waals surface area contributed by atoms with Gasteiger partial charge in [0.2, 0.25) is 5.91 Å². The van der Waals surface area contributed by atoms with Gasteiger partial charge in [0.25, 0.3) is 0 Å². The summed E-state index contributed by atoms with van der Waals surface area (Å²) in [5.74, 6) is -0.188. The summed E-state index contributed by atoms with van der Waals surface area (Å²) in [6, 6.07) is 34.5. The molecule has 0 heterocycles. The fourth-order valence-electron chi connectivity index (χ4n) is 5.57. The number of hydrogen-bond donors (Lipinski definition) is 1. The maximum Gasteiger partial charge on any atom is 0.232 e. The number of benzene rings is 4. The number of fused-ring (bicyclic) bond motifs is 3. The Hall–Kier alpha value is -3.42. The zero-order chi connectivity index (χ0) is 25.7. The molecule has 3 nitrogen and oxygen atoms in total. The van der Waals surface area contributed by atoms with E-state index in [0.29, 0.717) is 12.7 Å². The van der Waals surface area contributed by atoms with Gasteiger partial charge < -0.3 is 9.88 Å². The topological polar surface area (TPSA) is 46.2 Å². The lowest BCUT2D eigenvalue weighted by molar-refractivity contribution is -0.121. The average molecular weight is 508 g/mol. The molecule has 1 amide bonds. The summed E-state index contributed by atoms with van der Waals surface area (Å²) in [6.45, 7) is 2.76. The zero-order valence-corrected chi connectivity index (χ0v) is 22.3. The van der Waals surface area contributed by atoms with Crippen molar-refractivity contribution < 1.29 is 9.36 Å². The predicted molar refractivity (Wildman–Crippen MR) is 155 cm³/mol. The maximum absolute atomic E-state index is 14.4. The predicted octanol–water partition coefficient (Wildman–Crippen LogP) is 6.66. The van der Waals surface area contributed by atoms with Crippen molar-refractivity contribution in [2.24, 2.45) is 0 Å². The summed E-state index contributed by atoms with van der Waals surface area (Å²) in [5, 5.41) is 4.97. The third kappa shape index (κ3) is 5.06. The fourth-order valence-corrected chi connectivity index (χ4v) is 8.36. The molecule has 4 aromatic carbocycles. The summed E-state index contributed by atoms with van der Waals surface area (Å²) in [7, 11) is -2.71. The van der Waals surface area contributed by atoms with Gasteiger partial charge in [-0.05, 0) is 53.5 Å². The molecular weight excluding hydrogens is 473 g/mol. The Kier molecular flexibility index (Phi) is 7.72. The van der Waals surface area contributed by atoms with E-state index in [2.05, 4.69) is 42.6 Å². The van der Waals surface area contributed by atoms with Gasteiger partial charge in [0.15, 0.2) is 0 Å². The monoisotopic (exact) mass is 507 g/mol. The quantitative estimate of drug-likeness (QED) is 0.193. The second-order valence-corrected chi connectivity index (χ2v) is 12.7. The molecule has 1 N–H and O–H groups in total. The van der Waals surface area contributed by atoms with Crippen LogP contribution in [0, 0.1) is 0 Å². The van der Waals surface area contributed by atoms with Crippen LogP contribution in [-0.4, -0.2) is 18.6 Å². The van der Waals surface area contributed by atoms with Crippen molar-refractivity contribution in [3.63, 3.8) is 0 Å². The van der Waals surface area contributed by atoms with Gasteiger partial charge in [-0.15, -0.1) is 0 Å². The highest BCUT2D eigenvalue weighted by molar-refractivity contribution is 7.78. The Balaban J connectivity index is 1.37. The van der Waals surface area contributed by atoms with Crippen LogP contribution >= 0.6 is 7.14 Å². The molecule has 1 atom stereocenters. The summed E-state index contributed by atoms with van der Waals surface area (Å²) in [5.41, 5.74) is 5.79. The van der Waals surface area contributed by atoms with Gasteiger partial charge in [0, 0.05) is 23.3 Å². The van der Waals surface area contributed by atoms with Crippen LogP contribution in [0.3, 0.4) is 0 Å². The Morgan fingerprint density at radius 3 is 2.05 bits per heavy atom. The van der Waals surface area contributed by atoms with Crippen molar-refractivity contribution in [2.75, 3.05) is 12.7 Å². The first-order chi connectivity index (χ1) is 18.1. The van der Waals surface area contributed by atoms with Crippen LogP contribution in [0.2, 0.25) is 0 Å². The summed E-state index contributed by atoms with van der Waals surface area (Å²) in [4.78, 5) is 13.3. The zero-order valence-electron chi connectivity index (χ0n) is 21.4. The standard InChI is InChI=1S/C33H34NO2P/c1-2-23-34-33(35)32-30-21-10-9-20-28(30)29-22-13-15-25(31(29)32)14-11-12-24-37(36,26-16-5-3-6-17-26)27-18-7-4-8-19-27/h3-10,13,15-22,32H,2,11-12,14,23-24H2,1H3,(H,34,35). The number of unbranched alkanes of at least 4 members (excludes halogenated alkanes) is 1. The van der Waals surface area contributed by atoms with Crippen molar-refractivity contribution in [3.8, 4) is 11.1 Å². The van der Waals surface area contributed by atoms with Crippen molar-refractivity contribution in [1.82, 2.24) is 5.32 Å². The van der Waals surface area contributed by atoms with Crippen molar-refractivity contribution in [1.29, 1.82) is 0 Å². The fraction of sp³-hybridized carbons (Fsp3) is 0.242. The molecule has 188 valence electrons. The molecule has 4 heteroatoms. The number of carbonyl (C=O) groups excluding carboxylic acids is 1. The molecule has 5 rings (SSSR count). The van der Waals surface area contributed by atoms with Gasteiger partial charge in [0.05, 0.1) is 5.92 Å².